The van der Waals surface area contributed by atoms with Crippen molar-refractivity contribution in [1.29, 1.82) is 0 Å². The third-order valence-corrected chi connectivity index (χ3v) is 2.47. The molecule has 0 aromatic heterocycles. The number of hydrogen-bond donors (Lipinski definition) is 0. The maximum atomic E-state index is 10.7. The highest BCUT2D eigenvalue weighted by Crippen LogP contribution is 2.10. The fraction of sp³-hybridized carbons (Fsp3) is 0.500. The van der Waals surface area contributed by atoms with Gasteiger partial charge < -0.3 is 0 Å². The van der Waals surface area contributed by atoms with Crippen molar-refractivity contribution >= 4 is 21.4 Å². The maximum Gasteiger partial charge on any atom is 0.219 e. The number of allylic oxidation sites excluding steroid dienone is 1. The first-order chi connectivity index (χ1) is 5.63. The van der Waals surface area contributed by atoms with E-state index in [0.29, 0.717) is 4.86 Å². The van der Waals surface area contributed by atoms with Crippen LogP contribution in [0.4, 0.5) is 0 Å². The summed E-state index contributed by atoms with van der Waals surface area (Å²) < 4.78 is 21.4. The molecule has 1 aliphatic rings. The van der Waals surface area contributed by atoms with Crippen molar-refractivity contribution < 1.29 is 8.42 Å². The van der Waals surface area contributed by atoms with E-state index in [2.05, 4.69) is 4.99 Å². The third-order valence-electron chi connectivity index (χ3n) is 1.71. The van der Waals surface area contributed by atoms with Gasteiger partial charge in [-0.3, -0.25) is 4.99 Å². The van der Waals surface area contributed by atoms with Crippen molar-refractivity contribution in [3.63, 3.8) is 0 Å². The molecule has 0 aromatic rings. The van der Waals surface area contributed by atoms with Crippen LogP contribution in [-0.4, -0.2) is 25.5 Å². The molecule has 0 N–H and O–H groups in total. The van der Waals surface area contributed by atoms with E-state index >= 15 is 0 Å². The molecule has 0 saturated carbocycles. The highest BCUT2D eigenvalue weighted by atomic mass is 32.2. The zero-order valence-corrected chi connectivity index (χ0v) is 7.88. The number of hydrogen-bond acceptors (Lipinski definition) is 3. The van der Waals surface area contributed by atoms with E-state index in [9.17, 15) is 8.42 Å². The molecular weight excluding hydrogens is 174 g/mol. The lowest BCUT2D eigenvalue weighted by Gasteiger charge is -2.16. The molecule has 0 aromatic carbocycles. The molecule has 1 aliphatic heterocycles. The van der Waals surface area contributed by atoms with Crippen LogP contribution in [0.1, 0.15) is 13.8 Å². The van der Waals surface area contributed by atoms with E-state index in [0.717, 1.165) is 0 Å². The van der Waals surface area contributed by atoms with Gasteiger partial charge >= 0.3 is 0 Å². The van der Waals surface area contributed by atoms with Gasteiger partial charge in [0.1, 0.15) is 0 Å². The van der Waals surface area contributed by atoms with Crippen molar-refractivity contribution in [3.05, 3.63) is 12.2 Å². The Balaban J connectivity index is 3.11. The lowest BCUT2D eigenvalue weighted by atomic mass is 10.00. The number of dihydropyridines is 1. The highest BCUT2D eigenvalue weighted by molar-refractivity contribution is 7.73. The zero-order chi connectivity index (χ0) is 9.14. The summed E-state index contributed by atoms with van der Waals surface area (Å²) in [5.41, 5.74) is 0. The molecule has 1 unspecified atom stereocenters. The van der Waals surface area contributed by atoms with Gasteiger partial charge in [0, 0.05) is 6.21 Å². The first-order valence-electron chi connectivity index (χ1n) is 3.79. The Bertz CT molecular complexity index is 341. The van der Waals surface area contributed by atoms with Gasteiger partial charge in [0.05, 0.1) is 10.9 Å². The Hall–Kier alpha value is -0.900. The Morgan fingerprint density at radius 3 is 2.58 bits per heavy atom. The Labute approximate surface area is 73.4 Å². The molecule has 4 heteroatoms. The molecule has 0 radical (unpaired) electrons. The summed E-state index contributed by atoms with van der Waals surface area (Å²) >= 11 is 0. The minimum absolute atomic E-state index is 0.201. The van der Waals surface area contributed by atoms with Gasteiger partial charge in [-0.05, 0) is 18.1 Å². The van der Waals surface area contributed by atoms with Crippen molar-refractivity contribution in [2.24, 2.45) is 10.9 Å². The normalized spacial score (nSPS) is 21.9. The van der Waals surface area contributed by atoms with Crippen LogP contribution in [-0.2, 0) is 10.3 Å². The van der Waals surface area contributed by atoms with E-state index < -0.39 is 10.3 Å². The van der Waals surface area contributed by atoms with Crippen LogP contribution in [0, 0.1) is 5.92 Å². The lowest BCUT2D eigenvalue weighted by Crippen LogP contribution is -2.25. The predicted molar refractivity (Wildman–Crippen MR) is 50.2 cm³/mol. The van der Waals surface area contributed by atoms with Gasteiger partial charge in [-0.2, -0.15) is 8.42 Å². The van der Waals surface area contributed by atoms with Crippen LogP contribution < -0.4 is 0 Å². The molecule has 0 spiro atoms. The van der Waals surface area contributed by atoms with Gasteiger partial charge in [-0.1, -0.05) is 13.8 Å². The van der Waals surface area contributed by atoms with Crippen LogP contribution in [0.2, 0.25) is 0 Å². The van der Waals surface area contributed by atoms with Crippen molar-refractivity contribution in [2.75, 3.05) is 0 Å². The van der Waals surface area contributed by atoms with Gasteiger partial charge in [-0.25, -0.2) is 0 Å². The Morgan fingerprint density at radius 1 is 1.50 bits per heavy atom. The van der Waals surface area contributed by atoms with Gasteiger partial charge in [0.2, 0.25) is 10.3 Å². The summed E-state index contributed by atoms with van der Waals surface area (Å²) in [5, 5.41) is 0. The fourth-order valence-electron chi connectivity index (χ4n) is 1.11. The predicted octanol–water partition coefficient (Wildman–Crippen LogP) is 0.703. The smallest absolute Gasteiger partial charge is 0.219 e. The van der Waals surface area contributed by atoms with Crippen LogP contribution in [0.5, 0.6) is 0 Å². The Kier molecular flexibility index (Phi) is 2.81. The second kappa shape index (κ2) is 3.67. The molecule has 0 fully saturated rings. The van der Waals surface area contributed by atoms with Crippen LogP contribution in [0.15, 0.2) is 17.1 Å². The van der Waals surface area contributed by atoms with Crippen LogP contribution in [0.3, 0.4) is 0 Å². The van der Waals surface area contributed by atoms with Crippen LogP contribution in [0.25, 0.3) is 0 Å². The lowest BCUT2D eigenvalue weighted by molar-refractivity contribution is 0.597. The summed E-state index contributed by atoms with van der Waals surface area (Å²) in [7, 11) is -2.14. The van der Waals surface area contributed by atoms with Crippen molar-refractivity contribution in [1.82, 2.24) is 0 Å². The van der Waals surface area contributed by atoms with Crippen LogP contribution >= 0.6 is 0 Å². The number of rotatable bonds is 1. The van der Waals surface area contributed by atoms with E-state index in [-0.39, 0.29) is 12.0 Å². The maximum absolute atomic E-state index is 10.7. The molecule has 0 amide bonds. The summed E-state index contributed by atoms with van der Waals surface area (Å²) in [6, 6.07) is -0.201. The van der Waals surface area contributed by atoms with E-state index in [4.69, 9.17) is 0 Å². The molecule has 3 nitrogen and oxygen atoms in total. The quantitative estimate of drug-likeness (QED) is 0.565. The average molecular weight is 185 g/mol. The standard InChI is InChI=1S/C8H11NO2S/c1-6(2)8-7(12(10)11)4-3-5-9-8/h3-6,8H,1-2H3. The topological polar surface area (TPSA) is 46.5 Å². The monoisotopic (exact) mass is 185 g/mol. The van der Waals surface area contributed by atoms with E-state index in [1.165, 1.54) is 0 Å². The largest absolute Gasteiger partial charge is 0.284 e. The van der Waals surface area contributed by atoms with Gasteiger partial charge in [0.15, 0.2) is 0 Å². The minimum Gasteiger partial charge on any atom is -0.284 e. The minimum atomic E-state index is -2.14. The highest BCUT2D eigenvalue weighted by Gasteiger charge is 2.19. The molecule has 12 heavy (non-hydrogen) atoms. The first kappa shape index (κ1) is 9.19. The SMILES string of the molecule is CC(C)C1N=CC=CC1=S(=O)=O. The van der Waals surface area contributed by atoms with Crippen molar-refractivity contribution in [2.45, 2.75) is 19.9 Å². The van der Waals surface area contributed by atoms with E-state index in [1.54, 1.807) is 18.4 Å². The fourth-order valence-corrected chi connectivity index (χ4v) is 1.83. The van der Waals surface area contributed by atoms with Gasteiger partial charge in [-0.15, -0.1) is 0 Å². The summed E-state index contributed by atoms with van der Waals surface area (Å²) in [6.07, 6.45) is 4.88. The third kappa shape index (κ3) is 1.82. The average Bonchev–Trinajstić information content (AvgIpc) is 2.04. The second-order valence-corrected chi connectivity index (χ2v) is 3.92. The summed E-state index contributed by atoms with van der Waals surface area (Å²) in [4.78, 5) is 4.47. The molecule has 0 saturated heterocycles. The summed E-state index contributed by atoms with van der Waals surface area (Å²) in [6.45, 7) is 3.90. The molecule has 0 aliphatic carbocycles. The molecule has 66 valence electrons. The number of nitrogens with zero attached hydrogens (tertiary/aromatic N) is 1. The number of aliphatic imine (C=N–C) groups is 1. The Morgan fingerprint density at radius 2 is 2.17 bits per heavy atom. The summed E-state index contributed by atoms with van der Waals surface area (Å²) in [5.74, 6) is 0.221. The van der Waals surface area contributed by atoms with Crippen molar-refractivity contribution in [3.8, 4) is 0 Å². The van der Waals surface area contributed by atoms with E-state index in [1.807, 2.05) is 13.8 Å². The van der Waals surface area contributed by atoms with Gasteiger partial charge in [0.25, 0.3) is 0 Å². The molecule has 0 bridgehead atoms. The molecule has 1 heterocycles. The zero-order valence-electron chi connectivity index (χ0n) is 7.06. The molecule has 1 atom stereocenters. The second-order valence-electron chi connectivity index (χ2n) is 2.98. The molecular formula is C8H11NO2S. The first-order valence-corrected chi connectivity index (χ1v) is 4.86. The molecule has 1 rings (SSSR count).